The fourth-order valence-electron chi connectivity index (χ4n) is 3.20. The summed E-state index contributed by atoms with van der Waals surface area (Å²) in [7, 11) is 0. The van der Waals surface area contributed by atoms with Gasteiger partial charge in [0.1, 0.15) is 23.7 Å². The van der Waals surface area contributed by atoms with Crippen molar-refractivity contribution >= 4 is 61.5 Å². The zero-order valence-electron chi connectivity index (χ0n) is 16.8. The molecule has 4 amide bonds. The van der Waals surface area contributed by atoms with Crippen LogP contribution in [0.2, 0.25) is 0 Å². The normalized spacial score (nSPS) is 15.1. The van der Waals surface area contributed by atoms with Gasteiger partial charge in [0.15, 0.2) is 0 Å². The number of anilines is 1. The lowest BCUT2D eigenvalue weighted by Crippen LogP contribution is -2.54. The largest absolute Gasteiger partial charge is 0.487 e. The highest BCUT2D eigenvalue weighted by molar-refractivity contribution is 9.11. The molecule has 1 saturated heterocycles. The maximum atomic E-state index is 13.6. The summed E-state index contributed by atoms with van der Waals surface area (Å²) in [6, 6.07) is 17.1. The van der Waals surface area contributed by atoms with E-state index in [1.807, 2.05) is 30.3 Å². The van der Waals surface area contributed by atoms with E-state index in [1.54, 1.807) is 12.1 Å². The minimum Gasteiger partial charge on any atom is -0.487 e. The van der Waals surface area contributed by atoms with Crippen LogP contribution in [0.3, 0.4) is 0 Å². The van der Waals surface area contributed by atoms with Gasteiger partial charge in [-0.15, -0.1) is 0 Å². The summed E-state index contributed by atoms with van der Waals surface area (Å²) in [5, 5.41) is 2.12. The van der Waals surface area contributed by atoms with Gasteiger partial charge >= 0.3 is 6.03 Å². The lowest BCUT2D eigenvalue weighted by atomic mass is 10.1. The molecule has 1 heterocycles. The molecule has 0 aromatic heterocycles. The number of nitrogens with zero attached hydrogens (tertiary/aromatic N) is 1. The Bertz CT molecular complexity index is 1270. The number of imide groups is 2. The van der Waals surface area contributed by atoms with Crippen molar-refractivity contribution in [2.75, 3.05) is 4.90 Å². The van der Waals surface area contributed by atoms with E-state index in [0.717, 1.165) is 16.5 Å². The number of nitrogens with one attached hydrogen (secondary N) is 1. The summed E-state index contributed by atoms with van der Waals surface area (Å²) in [6.45, 7) is 0.351. The van der Waals surface area contributed by atoms with Gasteiger partial charge in [0.2, 0.25) is 0 Å². The molecule has 1 aliphatic heterocycles. The van der Waals surface area contributed by atoms with Crippen molar-refractivity contribution in [2.24, 2.45) is 0 Å². The molecule has 0 atom stereocenters. The molecule has 0 unspecified atom stereocenters. The van der Waals surface area contributed by atoms with Crippen LogP contribution >= 0.6 is 31.9 Å². The lowest BCUT2D eigenvalue weighted by molar-refractivity contribution is -0.122. The first-order valence-electron chi connectivity index (χ1n) is 9.66. The fourth-order valence-corrected chi connectivity index (χ4v) is 4.66. The van der Waals surface area contributed by atoms with Crippen LogP contribution in [0.5, 0.6) is 5.75 Å². The first kappa shape index (κ1) is 22.9. The molecule has 3 aromatic carbocycles. The Balaban J connectivity index is 1.62. The number of halogens is 3. The van der Waals surface area contributed by atoms with Crippen LogP contribution in [0.1, 0.15) is 11.1 Å². The Morgan fingerprint density at radius 3 is 2.30 bits per heavy atom. The van der Waals surface area contributed by atoms with Crippen molar-refractivity contribution in [1.29, 1.82) is 0 Å². The minimum absolute atomic E-state index is 0.0166. The van der Waals surface area contributed by atoms with E-state index >= 15 is 0 Å². The molecule has 1 N–H and O–H groups in total. The predicted octanol–water partition coefficient (Wildman–Crippen LogP) is 5.60. The summed E-state index contributed by atoms with van der Waals surface area (Å²) in [5.74, 6) is -1.76. The van der Waals surface area contributed by atoms with Crippen molar-refractivity contribution in [3.05, 3.63) is 98.2 Å². The van der Waals surface area contributed by atoms with Crippen LogP contribution in [-0.2, 0) is 16.2 Å². The van der Waals surface area contributed by atoms with Crippen LogP contribution in [0.4, 0.5) is 14.9 Å². The molecule has 0 spiro atoms. The Kier molecular flexibility index (Phi) is 6.71. The maximum absolute atomic E-state index is 13.6. The van der Waals surface area contributed by atoms with Gasteiger partial charge in [-0.1, -0.05) is 36.4 Å². The fraction of sp³-hybridized carbons (Fsp3) is 0.0417. The van der Waals surface area contributed by atoms with Crippen LogP contribution in [-0.4, -0.2) is 17.8 Å². The number of barbiturate groups is 1. The molecule has 3 aromatic rings. The number of hydrogen-bond acceptors (Lipinski definition) is 4. The lowest BCUT2D eigenvalue weighted by Gasteiger charge is -2.26. The van der Waals surface area contributed by atoms with Crippen molar-refractivity contribution in [3.63, 3.8) is 0 Å². The molecule has 0 saturated carbocycles. The van der Waals surface area contributed by atoms with Crippen LogP contribution in [0, 0.1) is 5.82 Å². The predicted molar refractivity (Wildman–Crippen MR) is 128 cm³/mol. The summed E-state index contributed by atoms with van der Waals surface area (Å²) in [5.41, 5.74) is 1.25. The first-order chi connectivity index (χ1) is 15.8. The number of carbonyl (C=O) groups excluding carboxylic acids is 3. The second-order valence-electron chi connectivity index (χ2n) is 7.03. The number of carbonyl (C=O) groups is 3. The molecule has 0 bridgehead atoms. The second kappa shape index (κ2) is 9.68. The summed E-state index contributed by atoms with van der Waals surface area (Å²) in [4.78, 5) is 38.3. The average molecular weight is 574 g/mol. The molecule has 9 heteroatoms. The van der Waals surface area contributed by atoms with E-state index in [2.05, 4.69) is 37.2 Å². The Hall–Kier alpha value is -3.30. The molecule has 4 rings (SSSR count). The molecule has 1 fully saturated rings. The Morgan fingerprint density at radius 2 is 1.64 bits per heavy atom. The highest BCUT2D eigenvalue weighted by Crippen LogP contribution is 2.36. The Labute approximate surface area is 205 Å². The number of benzene rings is 3. The second-order valence-corrected chi connectivity index (χ2v) is 8.73. The summed E-state index contributed by atoms with van der Waals surface area (Å²) in [6.07, 6.45) is 1.35. The molecular formula is C24H15Br2FN2O4. The zero-order valence-corrected chi connectivity index (χ0v) is 20.0. The van der Waals surface area contributed by atoms with Crippen LogP contribution in [0.25, 0.3) is 6.08 Å². The van der Waals surface area contributed by atoms with Gasteiger partial charge in [-0.3, -0.25) is 14.9 Å². The number of urea groups is 1. The number of ether oxygens (including phenoxy) is 1. The maximum Gasteiger partial charge on any atom is 0.335 e. The van der Waals surface area contributed by atoms with Gasteiger partial charge in [-0.05, 0) is 79.4 Å². The van der Waals surface area contributed by atoms with Crippen LogP contribution in [0.15, 0.2) is 81.2 Å². The standard InChI is InChI=1S/C24H15Br2FN2O4/c25-19-10-15(11-20(26)21(19)33-13-14-5-2-1-3-6-14)9-18-22(30)28-24(32)29(23(18)31)17-8-4-7-16(27)12-17/h1-12H,13H2,(H,28,30,32)/b18-9+. The zero-order chi connectivity index (χ0) is 23.5. The van der Waals surface area contributed by atoms with Gasteiger partial charge < -0.3 is 4.74 Å². The quantitative estimate of drug-likeness (QED) is 0.319. The van der Waals surface area contributed by atoms with Gasteiger partial charge in [-0.25, -0.2) is 14.1 Å². The molecule has 6 nitrogen and oxygen atoms in total. The SMILES string of the molecule is O=C1NC(=O)N(c2cccc(F)c2)C(=O)/C1=C/c1cc(Br)c(OCc2ccccc2)c(Br)c1. The highest BCUT2D eigenvalue weighted by Gasteiger charge is 2.37. The van der Waals surface area contributed by atoms with Gasteiger partial charge in [0.25, 0.3) is 11.8 Å². The molecule has 0 aliphatic carbocycles. The molecule has 33 heavy (non-hydrogen) atoms. The monoisotopic (exact) mass is 572 g/mol. The van der Waals surface area contributed by atoms with E-state index in [4.69, 9.17) is 4.74 Å². The Morgan fingerprint density at radius 1 is 0.939 bits per heavy atom. The van der Waals surface area contributed by atoms with E-state index < -0.39 is 23.7 Å². The van der Waals surface area contributed by atoms with Crippen molar-refractivity contribution < 1.29 is 23.5 Å². The van der Waals surface area contributed by atoms with Crippen molar-refractivity contribution in [3.8, 4) is 5.75 Å². The molecule has 0 radical (unpaired) electrons. The number of rotatable bonds is 5. The van der Waals surface area contributed by atoms with E-state index in [1.165, 1.54) is 24.3 Å². The van der Waals surface area contributed by atoms with E-state index in [0.29, 0.717) is 26.9 Å². The first-order valence-corrected chi connectivity index (χ1v) is 11.2. The summed E-state index contributed by atoms with van der Waals surface area (Å²) < 4.78 is 20.7. The molecular weight excluding hydrogens is 559 g/mol. The number of amides is 4. The summed E-state index contributed by atoms with van der Waals surface area (Å²) >= 11 is 6.91. The van der Waals surface area contributed by atoms with Crippen molar-refractivity contribution in [1.82, 2.24) is 5.32 Å². The van der Waals surface area contributed by atoms with Crippen LogP contribution < -0.4 is 15.0 Å². The number of hydrogen-bond donors (Lipinski definition) is 1. The van der Waals surface area contributed by atoms with Crippen molar-refractivity contribution in [2.45, 2.75) is 6.61 Å². The minimum atomic E-state index is -0.945. The third-order valence-corrected chi connectivity index (χ3v) is 5.90. The third-order valence-electron chi connectivity index (χ3n) is 4.73. The topological polar surface area (TPSA) is 75.7 Å². The van der Waals surface area contributed by atoms with E-state index in [9.17, 15) is 18.8 Å². The van der Waals surface area contributed by atoms with Gasteiger partial charge in [0, 0.05) is 0 Å². The molecule has 166 valence electrons. The average Bonchev–Trinajstić information content (AvgIpc) is 2.77. The van der Waals surface area contributed by atoms with E-state index in [-0.39, 0.29) is 11.3 Å². The smallest absolute Gasteiger partial charge is 0.335 e. The molecule has 1 aliphatic rings. The highest BCUT2D eigenvalue weighted by atomic mass is 79.9. The van der Waals surface area contributed by atoms with Gasteiger partial charge in [0.05, 0.1) is 14.6 Å². The third kappa shape index (κ3) is 5.04. The van der Waals surface area contributed by atoms with Gasteiger partial charge in [-0.2, -0.15) is 0 Å².